The van der Waals surface area contributed by atoms with Gasteiger partial charge < -0.3 is 24.3 Å². The molecule has 6 nitrogen and oxygen atoms in total. The van der Waals surface area contributed by atoms with Crippen LogP contribution < -0.4 is 24.3 Å². The van der Waals surface area contributed by atoms with Crippen LogP contribution in [-0.4, -0.2) is 19.8 Å². The summed E-state index contributed by atoms with van der Waals surface area (Å²) in [5, 5.41) is 2.89. The van der Waals surface area contributed by atoms with Gasteiger partial charge in [-0.15, -0.1) is 0 Å². The Hall–Kier alpha value is -3.67. The second-order valence-electron chi connectivity index (χ2n) is 7.53. The van der Waals surface area contributed by atoms with Crippen molar-refractivity contribution in [1.29, 1.82) is 0 Å². The molecule has 31 heavy (non-hydrogen) atoms. The van der Waals surface area contributed by atoms with E-state index in [1.165, 1.54) is 0 Å². The number of carbonyl (C=O) groups is 1. The normalized spacial score (nSPS) is 12.0. The molecule has 0 spiro atoms. The molecule has 1 N–H and O–H groups in total. The number of hydrogen-bond acceptors (Lipinski definition) is 5. The van der Waals surface area contributed by atoms with Gasteiger partial charge in [0.2, 0.25) is 6.79 Å². The first-order valence-electron chi connectivity index (χ1n) is 10.1. The van der Waals surface area contributed by atoms with Crippen LogP contribution in [0.25, 0.3) is 0 Å². The van der Waals surface area contributed by atoms with E-state index >= 15 is 0 Å². The van der Waals surface area contributed by atoms with Gasteiger partial charge in [0.1, 0.15) is 18.1 Å². The fourth-order valence-electron chi connectivity index (χ4n) is 3.45. The van der Waals surface area contributed by atoms with Crippen LogP contribution >= 0.6 is 0 Å². The van der Waals surface area contributed by atoms with Crippen LogP contribution in [0, 0.1) is 0 Å². The van der Waals surface area contributed by atoms with Gasteiger partial charge in [0, 0.05) is 22.9 Å². The molecule has 1 amide bonds. The lowest BCUT2D eigenvalue weighted by molar-refractivity contribution is 0.102. The molecule has 0 unspecified atom stereocenters. The maximum Gasteiger partial charge on any atom is 0.255 e. The molecule has 0 aromatic heterocycles. The van der Waals surface area contributed by atoms with Crippen molar-refractivity contribution in [2.75, 3.05) is 19.2 Å². The predicted octanol–water partition coefficient (Wildman–Crippen LogP) is 5.38. The number of benzene rings is 3. The lowest BCUT2D eigenvalue weighted by Gasteiger charge is -2.16. The fourth-order valence-corrected chi connectivity index (χ4v) is 3.45. The van der Waals surface area contributed by atoms with Crippen molar-refractivity contribution in [3.63, 3.8) is 0 Å². The van der Waals surface area contributed by atoms with E-state index in [1.807, 2.05) is 18.2 Å². The van der Waals surface area contributed by atoms with E-state index in [4.69, 9.17) is 18.9 Å². The maximum atomic E-state index is 12.8. The number of fused-ring (bicyclic) bond motifs is 1. The molecule has 0 atom stereocenters. The van der Waals surface area contributed by atoms with Gasteiger partial charge in [0.25, 0.3) is 5.91 Å². The molecule has 160 valence electrons. The SMILES string of the molecule is COc1ccc(C(=O)Nc2ccc3c(c2)OCO3)cc1COc1ccccc1C(C)C. The van der Waals surface area contributed by atoms with E-state index in [-0.39, 0.29) is 19.3 Å². The van der Waals surface area contributed by atoms with Gasteiger partial charge in [-0.3, -0.25) is 4.79 Å². The van der Waals surface area contributed by atoms with Crippen LogP contribution in [0.1, 0.15) is 41.3 Å². The first kappa shape index (κ1) is 20.6. The Bertz CT molecular complexity index is 1090. The van der Waals surface area contributed by atoms with Gasteiger partial charge in [-0.2, -0.15) is 0 Å². The largest absolute Gasteiger partial charge is 0.496 e. The fraction of sp³-hybridized carbons (Fsp3) is 0.240. The van der Waals surface area contributed by atoms with Gasteiger partial charge >= 0.3 is 0 Å². The van der Waals surface area contributed by atoms with Crippen molar-refractivity contribution in [2.24, 2.45) is 0 Å². The number of rotatable bonds is 7. The Kier molecular flexibility index (Phi) is 5.98. The molecule has 6 heteroatoms. The first-order valence-corrected chi connectivity index (χ1v) is 10.1. The molecule has 3 aromatic rings. The maximum absolute atomic E-state index is 12.8. The summed E-state index contributed by atoms with van der Waals surface area (Å²) in [7, 11) is 1.60. The van der Waals surface area contributed by atoms with Crippen LogP contribution in [-0.2, 0) is 6.61 Å². The van der Waals surface area contributed by atoms with Gasteiger partial charge in [0.05, 0.1) is 7.11 Å². The summed E-state index contributed by atoms with van der Waals surface area (Å²) in [5.41, 5.74) is 3.07. The third-order valence-electron chi connectivity index (χ3n) is 5.10. The third kappa shape index (κ3) is 4.58. The summed E-state index contributed by atoms with van der Waals surface area (Å²) in [6.07, 6.45) is 0. The molecule has 1 heterocycles. The monoisotopic (exact) mass is 419 g/mol. The van der Waals surface area contributed by atoms with E-state index in [2.05, 4.69) is 25.2 Å². The summed E-state index contributed by atoms with van der Waals surface area (Å²) >= 11 is 0. The van der Waals surface area contributed by atoms with E-state index in [0.717, 1.165) is 16.9 Å². The van der Waals surface area contributed by atoms with E-state index in [0.29, 0.717) is 34.4 Å². The second kappa shape index (κ2) is 9.00. The van der Waals surface area contributed by atoms with Crippen molar-refractivity contribution in [2.45, 2.75) is 26.4 Å². The average molecular weight is 419 g/mol. The number of hydrogen-bond donors (Lipinski definition) is 1. The molecule has 4 rings (SSSR count). The standard InChI is InChI=1S/C25H25NO5/c1-16(2)20-6-4-5-7-22(20)29-14-18-12-17(8-10-21(18)28-3)25(27)26-19-9-11-23-24(13-19)31-15-30-23/h4-13,16H,14-15H2,1-3H3,(H,26,27). The Balaban J connectivity index is 1.51. The Labute approximate surface area is 181 Å². The van der Waals surface area contributed by atoms with Crippen LogP contribution in [0.3, 0.4) is 0 Å². The highest BCUT2D eigenvalue weighted by molar-refractivity contribution is 6.04. The molecular formula is C25H25NO5. The zero-order valence-corrected chi connectivity index (χ0v) is 17.8. The number of nitrogens with one attached hydrogen (secondary N) is 1. The summed E-state index contributed by atoms with van der Waals surface area (Å²) < 4.78 is 22.2. The number of carbonyl (C=O) groups excluding carboxylic acids is 1. The van der Waals surface area contributed by atoms with Crippen molar-refractivity contribution in [3.05, 3.63) is 77.4 Å². The molecule has 0 saturated carbocycles. The number of methoxy groups -OCH3 is 1. The first-order chi connectivity index (χ1) is 15.0. The second-order valence-corrected chi connectivity index (χ2v) is 7.53. The zero-order chi connectivity index (χ0) is 21.8. The topological polar surface area (TPSA) is 66.0 Å². The summed E-state index contributed by atoms with van der Waals surface area (Å²) in [4.78, 5) is 12.8. The molecule has 1 aliphatic rings. The third-order valence-corrected chi connectivity index (χ3v) is 5.10. The lowest BCUT2D eigenvalue weighted by atomic mass is 10.0. The van der Waals surface area contributed by atoms with Gasteiger partial charge in [-0.05, 0) is 47.9 Å². The summed E-state index contributed by atoms with van der Waals surface area (Å²) in [6.45, 7) is 4.74. The van der Waals surface area contributed by atoms with E-state index < -0.39 is 0 Å². The van der Waals surface area contributed by atoms with Crippen molar-refractivity contribution in [3.8, 4) is 23.0 Å². The Morgan fingerprint density at radius 1 is 1.00 bits per heavy atom. The highest BCUT2D eigenvalue weighted by Crippen LogP contribution is 2.34. The number of anilines is 1. The zero-order valence-electron chi connectivity index (χ0n) is 17.8. The number of amides is 1. The van der Waals surface area contributed by atoms with Crippen LogP contribution in [0.2, 0.25) is 0 Å². The number of ether oxygens (including phenoxy) is 4. The Morgan fingerprint density at radius 2 is 1.81 bits per heavy atom. The number of para-hydroxylation sites is 1. The van der Waals surface area contributed by atoms with Crippen molar-refractivity contribution >= 4 is 11.6 Å². The molecule has 0 bridgehead atoms. The predicted molar refractivity (Wildman–Crippen MR) is 118 cm³/mol. The van der Waals surface area contributed by atoms with E-state index in [1.54, 1.807) is 43.5 Å². The molecule has 3 aromatic carbocycles. The van der Waals surface area contributed by atoms with E-state index in [9.17, 15) is 4.79 Å². The average Bonchev–Trinajstić information content (AvgIpc) is 3.25. The lowest BCUT2D eigenvalue weighted by Crippen LogP contribution is -2.13. The highest BCUT2D eigenvalue weighted by Gasteiger charge is 2.16. The minimum atomic E-state index is -0.231. The minimum absolute atomic E-state index is 0.189. The molecular weight excluding hydrogens is 394 g/mol. The smallest absolute Gasteiger partial charge is 0.255 e. The van der Waals surface area contributed by atoms with Gasteiger partial charge in [-0.25, -0.2) is 0 Å². The van der Waals surface area contributed by atoms with Crippen molar-refractivity contribution < 1.29 is 23.7 Å². The highest BCUT2D eigenvalue weighted by atomic mass is 16.7. The summed E-state index contributed by atoms with van der Waals surface area (Å²) in [5.74, 6) is 2.90. The van der Waals surface area contributed by atoms with Gasteiger partial charge in [-0.1, -0.05) is 32.0 Å². The Morgan fingerprint density at radius 3 is 2.61 bits per heavy atom. The van der Waals surface area contributed by atoms with Crippen LogP contribution in [0.15, 0.2) is 60.7 Å². The molecule has 0 saturated heterocycles. The summed E-state index contributed by atoms with van der Waals surface area (Å²) in [6, 6.07) is 18.6. The minimum Gasteiger partial charge on any atom is -0.496 e. The van der Waals surface area contributed by atoms with Crippen molar-refractivity contribution in [1.82, 2.24) is 0 Å². The van der Waals surface area contributed by atoms with Crippen LogP contribution in [0.5, 0.6) is 23.0 Å². The molecule has 0 fully saturated rings. The molecule has 0 radical (unpaired) electrons. The molecule has 0 aliphatic carbocycles. The quantitative estimate of drug-likeness (QED) is 0.557. The molecule has 1 aliphatic heterocycles. The van der Waals surface area contributed by atoms with Gasteiger partial charge in [0.15, 0.2) is 11.5 Å². The van der Waals surface area contributed by atoms with Crippen LogP contribution in [0.4, 0.5) is 5.69 Å².